The molecule has 1 atom stereocenters. The number of nitrogens with one attached hydrogen (secondary N) is 1. The Labute approximate surface area is 172 Å². The van der Waals surface area contributed by atoms with Crippen molar-refractivity contribution in [3.8, 4) is 5.75 Å². The molecule has 0 aliphatic carbocycles. The summed E-state index contributed by atoms with van der Waals surface area (Å²) in [5.74, 6) is -0.854. The highest BCUT2D eigenvalue weighted by atomic mass is 35.5. The van der Waals surface area contributed by atoms with Gasteiger partial charge in [0.15, 0.2) is 6.10 Å². The highest BCUT2D eigenvalue weighted by molar-refractivity contribution is 6.33. The van der Waals surface area contributed by atoms with Crippen molar-refractivity contribution in [2.24, 2.45) is 5.10 Å². The van der Waals surface area contributed by atoms with Gasteiger partial charge in [-0.2, -0.15) is 5.10 Å². The van der Waals surface area contributed by atoms with Gasteiger partial charge >= 0.3 is 5.97 Å². The number of carbonyl (C=O) groups is 2. The quantitative estimate of drug-likeness (QED) is 0.281. The van der Waals surface area contributed by atoms with Crippen molar-refractivity contribution in [2.45, 2.75) is 6.10 Å². The fourth-order valence-electron chi connectivity index (χ4n) is 2.43. The molecule has 0 saturated carbocycles. The Kier molecular flexibility index (Phi) is 6.73. The zero-order valence-electron chi connectivity index (χ0n) is 15.2. The van der Waals surface area contributed by atoms with Crippen LogP contribution in [0.15, 0.2) is 84.0 Å². The number of aliphatic hydroxyl groups is 1. The Bertz CT molecular complexity index is 1020. The van der Waals surface area contributed by atoms with Crippen molar-refractivity contribution < 1.29 is 19.4 Å². The number of hydrogen-bond donors (Lipinski definition) is 2. The number of ether oxygens (including phenoxy) is 1. The highest BCUT2D eigenvalue weighted by Crippen LogP contribution is 2.19. The molecule has 0 saturated heterocycles. The van der Waals surface area contributed by atoms with E-state index in [9.17, 15) is 14.7 Å². The maximum atomic E-state index is 12.1. The first-order chi connectivity index (χ1) is 14.0. The number of amides is 1. The standard InChI is InChI=1S/C22H17ClN2O4/c23-19-9-5-4-8-18(19)22(28)29-17-12-10-15(11-13-17)14-24-25-21(27)20(26)16-6-2-1-3-7-16/h1-14,20,26H,(H,25,27)/b24-14+. The van der Waals surface area contributed by atoms with Crippen molar-refractivity contribution in [2.75, 3.05) is 0 Å². The first kappa shape index (κ1) is 20.3. The molecule has 0 aliphatic rings. The van der Waals surface area contributed by atoms with Crippen LogP contribution in [0.4, 0.5) is 0 Å². The van der Waals surface area contributed by atoms with Gasteiger partial charge in [-0.25, -0.2) is 10.2 Å². The summed E-state index contributed by atoms with van der Waals surface area (Å²) in [6.07, 6.45) is 0.106. The second-order valence-electron chi connectivity index (χ2n) is 5.99. The van der Waals surface area contributed by atoms with Gasteiger partial charge in [-0.15, -0.1) is 0 Å². The van der Waals surface area contributed by atoms with Gasteiger partial charge in [0.05, 0.1) is 16.8 Å². The van der Waals surface area contributed by atoms with Crippen LogP contribution < -0.4 is 10.2 Å². The van der Waals surface area contributed by atoms with Crippen LogP contribution in [-0.4, -0.2) is 23.2 Å². The van der Waals surface area contributed by atoms with E-state index in [1.807, 2.05) is 0 Å². The number of rotatable bonds is 6. The van der Waals surface area contributed by atoms with Crippen LogP contribution in [0.3, 0.4) is 0 Å². The molecule has 1 amide bonds. The van der Waals surface area contributed by atoms with Crippen molar-refractivity contribution in [1.29, 1.82) is 0 Å². The van der Waals surface area contributed by atoms with E-state index in [2.05, 4.69) is 10.5 Å². The van der Waals surface area contributed by atoms with Crippen molar-refractivity contribution in [3.05, 3.63) is 101 Å². The smallest absolute Gasteiger partial charge is 0.345 e. The summed E-state index contributed by atoms with van der Waals surface area (Å²) in [7, 11) is 0. The molecule has 6 nitrogen and oxygen atoms in total. The number of esters is 1. The fourth-order valence-corrected chi connectivity index (χ4v) is 2.64. The molecule has 2 N–H and O–H groups in total. The van der Waals surface area contributed by atoms with E-state index >= 15 is 0 Å². The summed E-state index contributed by atoms with van der Waals surface area (Å²) in [6, 6.07) is 21.7. The summed E-state index contributed by atoms with van der Waals surface area (Å²) in [4.78, 5) is 24.1. The highest BCUT2D eigenvalue weighted by Gasteiger charge is 2.16. The van der Waals surface area contributed by atoms with Crippen LogP contribution in [0, 0.1) is 0 Å². The number of carbonyl (C=O) groups excluding carboxylic acids is 2. The summed E-state index contributed by atoms with van der Waals surface area (Å²) in [5.41, 5.74) is 3.70. The molecule has 0 spiro atoms. The summed E-state index contributed by atoms with van der Waals surface area (Å²) in [5, 5.41) is 14.1. The van der Waals surface area contributed by atoms with Gasteiger partial charge in [-0.05, 0) is 47.5 Å². The van der Waals surface area contributed by atoms with Crippen LogP contribution >= 0.6 is 11.6 Å². The zero-order chi connectivity index (χ0) is 20.6. The molecule has 1 unspecified atom stereocenters. The van der Waals surface area contributed by atoms with Crippen LogP contribution in [-0.2, 0) is 4.79 Å². The molecule has 3 rings (SSSR count). The molecule has 3 aromatic carbocycles. The minimum Gasteiger partial charge on any atom is -0.423 e. The minimum atomic E-state index is -1.31. The summed E-state index contributed by atoms with van der Waals surface area (Å²) < 4.78 is 5.29. The van der Waals surface area contributed by atoms with Gasteiger partial charge in [0.25, 0.3) is 5.91 Å². The molecule has 0 radical (unpaired) electrons. The van der Waals surface area contributed by atoms with Gasteiger partial charge in [-0.1, -0.05) is 54.1 Å². The zero-order valence-corrected chi connectivity index (χ0v) is 15.9. The molecule has 29 heavy (non-hydrogen) atoms. The molecular formula is C22H17ClN2O4. The van der Waals surface area contributed by atoms with Crippen LogP contribution in [0.25, 0.3) is 0 Å². The molecule has 7 heteroatoms. The van der Waals surface area contributed by atoms with Crippen molar-refractivity contribution >= 4 is 29.7 Å². The molecule has 0 heterocycles. The lowest BCUT2D eigenvalue weighted by molar-refractivity contribution is -0.129. The first-order valence-electron chi connectivity index (χ1n) is 8.67. The lowest BCUT2D eigenvalue weighted by atomic mass is 10.1. The molecule has 0 fully saturated rings. The third kappa shape index (κ3) is 5.51. The Morgan fingerprint density at radius 3 is 2.31 bits per heavy atom. The average molecular weight is 409 g/mol. The van der Waals surface area contributed by atoms with Gasteiger partial charge in [0.1, 0.15) is 5.75 Å². The van der Waals surface area contributed by atoms with Crippen LogP contribution in [0.1, 0.15) is 27.6 Å². The van der Waals surface area contributed by atoms with Gasteiger partial charge in [-0.3, -0.25) is 4.79 Å². The molecular weight excluding hydrogens is 392 g/mol. The van der Waals surface area contributed by atoms with E-state index in [-0.39, 0.29) is 5.56 Å². The molecule has 3 aromatic rings. The third-order valence-corrected chi connectivity index (χ3v) is 4.27. The number of benzene rings is 3. The predicted molar refractivity (Wildman–Crippen MR) is 110 cm³/mol. The van der Waals surface area contributed by atoms with Crippen molar-refractivity contribution in [1.82, 2.24) is 5.43 Å². The van der Waals surface area contributed by atoms with Crippen LogP contribution in [0.2, 0.25) is 5.02 Å². The number of halogens is 1. The Balaban J connectivity index is 1.55. The Morgan fingerprint density at radius 1 is 0.966 bits per heavy atom. The lowest BCUT2D eigenvalue weighted by Gasteiger charge is -2.08. The number of hydrogen-bond acceptors (Lipinski definition) is 5. The maximum absolute atomic E-state index is 12.1. The van der Waals surface area contributed by atoms with Gasteiger partial charge < -0.3 is 9.84 Å². The second-order valence-corrected chi connectivity index (χ2v) is 6.39. The van der Waals surface area contributed by atoms with Crippen LogP contribution in [0.5, 0.6) is 5.75 Å². The molecule has 0 bridgehead atoms. The maximum Gasteiger partial charge on any atom is 0.345 e. The molecule has 0 aromatic heterocycles. The second kappa shape index (κ2) is 9.64. The van der Waals surface area contributed by atoms with E-state index < -0.39 is 18.0 Å². The van der Waals surface area contributed by atoms with E-state index in [4.69, 9.17) is 16.3 Å². The number of aliphatic hydroxyl groups excluding tert-OH is 1. The van der Waals surface area contributed by atoms with Crippen molar-refractivity contribution in [3.63, 3.8) is 0 Å². The van der Waals surface area contributed by atoms with E-state index in [0.29, 0.717) is 21.9 Å². The SMILES string of the molecule is O=C(Oc1ccc(/C=N/NC(=O)C(O)c2ccccc2)cc1)c1ccccc1Cl. The minimum absolute atomic E-state index is 0.277. The summed E-state index contributed by atoms with van der Waals surface area (Å²) >= 11 is 5.98. The van der Waals surface area contributed by atoms with Gasteiger partial charge in [0, 0.05) is 0 Å². The largest absolute Gasteiger partial charge is 0.423 e. The third-order valence-electron chi connectivity index (χ3n) is 3.94. The Hall–Kier alpha value is -3.48. The summed E-state index contributed by atoms with van der Waals surface area (Å²) in [6.45, 7) is 0. The van der Waals surface area contributed by atoms with E-state index in [0.717, 1.165) is 0 Å². The number of hydrazone groups is 1. The topological polar surface area (TPSA) is 88.0 Å². The van der Waals surface area contributed by atoms with Gasteiger partial charge in [0.2, 0.25) is 0 Å². The molecule has 146 valence electrons. The normalized spacial score (nSPS) is 11.8. The monoisotopic (exact) mass is 408 g/mol. The van der Waals surface area contributed by atoms with E-state index in [1.54, 1.807) is 78.9 Å². The predicted octanol–water partition coefficient (Wildman–Crippen LogP) is 3.74. The fraction of sp³-hybridized carbons (Fsp3) is 0.0455. The number of nitrogens with zero attached hydrogens (tertiary/aromatic N) is 1. The Morgan fingerprint density at radius 2 is 1.62 bits per heavy atom. The average Bonchev–Trinajstić information content (AvgIpc) is 2.75. The lowest BCUT2D eigenvalue weighted by Crippen LogP contribution is -2.25. The first-order valence-corrected chi connectivity index (χ1v) is 9.05. The molecule has 0 aliphatic heterocycles. The van der Waals surface area contributed by atoms with E-state index in [1.165, 1.54) is 6.21 Å².